The van der Waals surface area contributed by atoms with Crippen LogP contribution in [0.15, 0.2) is 39.3 Å². The fourth-order valence-electron chi connectivity index (χ4n) is 5.68. The highest BCUT2D eigenvalue weighted by Crippen LogP contribution is 2.36. The minimum Gasteiger partial charge on any atom is -0.377 e. The highest BCUT2D eigenvalue weighted by molar-refractivity contribution is 9.10. The molecule has 0 unspecified atom stereocenters. The van der Waals surface area contributed by atoms with Crippen molar-refractivity contribution in [3.63, 3.8) is 0 Å². The van der Waals surface area contributed by atoms with Crippen LogP contribution in [0.5, 0.6) is 0 Å². The molecule has 2 aromatic heterocycles. The first-order valence-corrected chi connectivity index (χ1v) is 13.3. The van der Waals surface area contributed by atoms with E-state index in [1.165, 1.54) is 43.3 Å². The van der Waals surface area contributed by atoms with Crippen LogP contribution in [0.1, 0.15) is 44.7 Å². The normalized spacial score (nSPS) is 20.0. The maximum absolute atomic E-state index is 5.68. The van der Waals surface area contributed by atoms with Crippen molar-refractivity contribution in [1.29, 1.82) is 0 Å². The summed E-state index contributed by atoms with van der Waals surface area (Å²) >= 11 is 3.71. The summed E-state index contributed by atoms with van der Waals surface area (Å²) < 4.78 is 14.6. The Kier molecular flexibility index (Phi) is 5.86. The lowest BCUT2D eigenvalue weighted by molar-refractivity contribution is 0.0989. The summed E-state index contributed by atoms with van der Waals surface area (Å²) in [4.78, 5) is 7.63. The lowest BCUT2D eigenvalue weighted by Crippen LogP contribution is -2.43. The molecular formula is C27H31BrN4O2. The summed E-state index contributed by atoms with van der Waals surface area (Å²) in [6.07, 6.45) is 6.63. The third-order valence-electron chi connectivity index (χ3n) is 7.56. The zero-order valence-corrected chi connectivity index (χ0v) is 21.5. The fourth-order valence-corrected chi connectivity index (χ4v) is 6.21. The molecule has 1 aliphatic carbocycles. The molecular weight excluding hydrogens is 492 g/mol. The van der Waals surface area contributed by atoms with Crippen molar-refractivity contribution in [2.24, 2.45) is 5.92 Å². The van der Waals surface area contributed by atoms with E-state index in [9.17, 15) is 0 Å². The molecule has 0 N–H and O–H groups in total. The van der Waals surface area contributed by atoms with Crippen LogP contribution >= 0.6 is 15.9 Å². The molecule has 0 spiro atoms. The van der Waals surface area contributed by atoms with Crippen LogP contribution in [0.2, 0.25) is 0 Å². The quantitative estimate of drug-likeness (QED) is 0.297. The average Bonchev–Trinajstić information content (AvgIpc) is 3.41. The van der Waals surface area contributed by atoms with Gasteiger partial charge >= 0.3 is 0 Å². The summed E-state index contributed by atoms with van der Waals surface area (Å²) in [6.45, 7) is 7.71. The Morgan fingerprint density at radius 1 is 1.12 bits per heavy atom. The molecule has 2 aliphatic rings. The van der Waals surface area contributed by atoms with Gasteiger partial charge in [0.25, 0.3) is 0 Å². The molecule has 0 bridgehead atoms. The molecule has 6 nitrogen and oxygen atoms in total. The van der Waals surface area contributed by atoms with E-state index in [4.69, 9.17) is 14.2 Å². The maximum Gasteiger partial charge on any atom is 0.181 e. The molecule has 1 aliphatic heterocycles. The first-order chi connectivity index (χ1) is 16.6. The average molecular weight is 523 g/mol. The monoisotopic (exact) mass is 522 g/mol. The number of hydrogen-bond donors (Lipinski definition) is 0. The minimum absolute atomic E-state index is 0.371. The largest absolute Gasteiger partial charge is 0.377 e. The Labute approximate surface area is 208 Å². The summed E-state index contributed by atoms with van der Waals surface area (Å²) in [5.74, 6) is 1.72. The number of nitrogens with zero attached hydrogens (tertiary/aromatic N) is 4. The highest BCUT2D eigenvalue weighted by atomic mass is 79.9. The molecule has 4 aromatic rings. The van der Waals surface area contributed by atoms with Crippen LogP contribution in [0.3, 0.4) is 0 Å². The van der Waals surface area contributed by atoms with E-state index in [1.807, 2.05) is 6.92 Å². The van der Waals surface area contributed by atoms with Crippen LogP contribution in [-0.2, 0) is 11.3 Å². The summed E-state index contributed by atoms with van der Waals surface area (Å²) in [5.41, 5.74) is 6.31. The zero-order chi connectivity index (χ0) is 23.2. The number of benzene rings is 2. The van der Waals surface area contributed by atoms with Crippen molar-refractivity contribution in [2.45, 2.75) is 58.5 Å². The second kappa shape index (κ2) is 9.00. The predicted molar refractivity (Wildman–Crippen MR) is 139 cm³/mol. The van der Waals surface area contributed by atoms with Crippen molar-refractivity contribution in [3.8, 4) is 11.4 Å². The van der Waals surface area contributed by atoms with Crippen molar-refractivity contribution >= 4 is 43.6 Å². The van der Waals surface area contributed by atoms with Gasteiger partial charge in [-0.3, -0.25) is 0 Å². The SMILES string of the molecule is Cc1noc2c(Br)cc(-c3nc4ccc(N5CCOC[C@@H]5C)cc4n3CC3CCCCC3)cc12. The number of fused-ring (bicyclic) bond motifs is 2. The van der Waals surface area contributed by atoms with Gasteiger partial charge in [-0.25, -0.2) is 4.98 Å². The Bertz CT molecular complexity index is 1340. The molecule has 1 saturated carbocycles. The van der Waals surface area contributed by atoms with Crippen molar-refractivity contribution in [3.05, 3.63) is 40.5 Å². The van der Waals surface area contributed by atoms with Gasteiger partial charge in [0.1, 0.15) is 5.82 Å². The molecule has 0 amide bonds. The number of imidazole rings is 1. The number of morpholine rings is 1. The molecule has 0 radical (unpaired) electrons. The van der Waals surface area contributed by atoms with E-state index in [1.54, 1.807) is 0 Å². The first-order valence-electron chi connectivity index (χ1n) is 12.5. The van der Waals surface area contributed by atoms with E-state index in [-0.39, 0.29) is 0 Å². The molecule has 1 saturated heterocycles. The lowest BCUT2D eigenvalue weighted by Gasteiger charge is -2.35. The van der Waals surface area contributed by atoms with Crippen LogP contribution in [-0.4, -0.2) is 40.5 Å². The Morgan fingerprint density at radius 3 is 2.79 bits per heavy atom. The van der Waals surface area contributed by atoms with Gasteiger partial charge in [0.2, 0.25) is 0 Å². The van der Waals surface area contributed by atoms with E-state index < -0.39 is 0 Å². The summed E-state index contributed by atoms with van der Waals surface area (Å²) in [5, 5.41) is 5.20. The Morgan fingerprint density at radius 2 is 1.97 bits per heavy atom. The van der Waals surface area contributed by atoms with Gasteiger partial charge in [-0.15, -0.1) is 0 Å². The number of aromatic nitrogens is 3. The maximum atomic E-state index is 5.68. The number of rotatable bonds is 4. The number of anilines is 1. The number of halogens is 1. The van der Waals surface area contributed by atoms with Gasteiger partial charge < -0.3 is 18.7 Å². The van der Waals surface area contributed by atoms with E-state index in [0.717, 1.165) is 64.3 Å². The molecule has 2 fully saturated rings. The zero-order valence-electron chi connectivity index (χ0n) is 19.9. The van der Waals surface area contributed by atoms with Crippen LogP contribution < -0.4 is 4.90 Å². The lowest BCUT2D eigenvalue weighted by atomic mass is 9.89. The highest BCUT2D eigenvalue weighted by Gasteiger charge is 2.23. The fraction of sp³-hybridized carbons (Fsp3) is 0.481. The molecule has 6 rings (SSSR count). The third kappa shape index (κ3) is 3.93. The smallest absolute Gasteiger partial charge is 0.181 e. The number of hydrogen-bond acceptors (Lipinski definition) is 5. The molecule has 2 aromatic carbocycles. The van der Waals surface area contributed by atoms with Crippen LogP contribution in [0.25, 0.3) is 33.4 Å². The molecule has 3 heterocycles. The van der Waals surface area contributed by atoms with E-state index in [0.29, 0.717) is 12.0 Å². The van der Waals surface area contributed by atoms with Gasteiger partial charge in [0, 0.05) is 35.8 Å². The molecule has 1 atom stereocenters. The van der Waals surface area contributed by atoms with Crippen LogP contribution in [0, 0.1) is 12.8 Å². The molecule has 7 heteroatoms. The van der Waals surface area contributed by atoms with E-state index in [2.05, 4.69) is 67.8 Å². The van der Waals surface area contributed by atoms with Crippen molar-refractivity contribution in [1.82, 2.24) is 14.7 Å². The van der Waals surface area contributed by atoms with Crippen molar-refractivity contribution < 1.29 is 9.26 Å². The summed E-state index contributed by atoms with van der Waals surface area (Å²) in [6, 6.07) is 11.4. The third-order valence-corrected chi connectivity index (χ3v) is 8.15. The number of ether oxygens (including phenoxy) is 1. The Balaban J connectivity index is 1.50. The van der Waals surface area contributed by atoms with Gasteiger partial charge in [-0.05, 0) is 78.9 Å². The van der Waals surface area contributed by atoms with Crippen LogP contribution in [0.4, 0.5) is 5.69 Å². The predicted octanol–water partition coefficient (Wildman–Crippen LogP) is 6.72. The minimum atomic E-state index is 0.371. The van der Waals surface area contributed by atoms with Gasteiger partial charge in [0.15, 0.2) is 5.58 Å². The standard InChI is InChI=1S/C27H31BrN4O2/c1-17-16-33-11-10-31(17)21-8-9-24-25(14-21)32(15-19-6-4-3-5-7-19)27(29-24)20-12-22-18(2)30-34-26(22)23(28)13-20/h8-9,12-14,17,19H,3-7,10-11,15-16H2,1-2H3/t17-/m0/s1. The van der Waals surface area contributed by atoms with Gasteiger partial charge in [-0.1, -0.05) is 24.4 Å². The second-order valence-corrected chi connectivity index (χ2v) is 10.8. The molecule has 34 heavy (non-hydrogen) atoms. The second-order valence-electron chi connectivity index (χ2n) is 9.94. The number of aryl methyl sites for hydroxylation is 1. The van der Waals surface area contributed by atoms with Gasteiger partial charge in [0.05, 0.1) is 34.4 Å². The van der Waals surface area contributed by atoms with Crippen molar-refractivity contribution in [2.75, 3.05) is 24.7 Å². The Hall–Kier alpha value is -2.38. The molecule has 178 valence electrons. The van der Waals surface area contributed by atoms with Gasteiger partial charge in [-0.2, -0.15) is 0 Å². The summed E-state index contributed by atoms with van der Waals surface area (Å²) in [7, 11) is 0. The first kappa shape index (κ1) is 22.1. The topological polar surface area (TPSA) is 56.3 Å². The van der Waals surface area contributed by atoms with E-state index >= 15 is 0 Å².